The fourth-order valence-electron chi connectivity index (χ4n) is 4.25. The molecule has 0 aromatic heterocycles. The number of rotatable bonds is 15. The van der Waals surface area contributed by atoms with Crippen molar-refractivity contribution >= 4 is 41.7 Å². The van der Waals surface area contributed by atoms with E-state index in [0.29, 0.717) is 19.3 Å². The third-order valence-electron chi connectivity index (χ3n) is 8.22. The highest BCUT2D eigenvalue weighted by Gasteiger charge is 2.37. The van der Waals surface area contributed by atoms with E-state index in [1.54, 1.807) is 13.8 Å². The van der Waals surface area contributed by atoms with Crippen LogP contribution in [-0.2, 0) is 33.4 Å². The van der Waals surface area contributed by atoms with Gasteiger partial charge in [-0.3, -0.25) is 19.2 Å². The highest BCUT2D eigenvalue weighted by molar-refractivity contribution is 6.04. The van der Waals surface area contributed by atoms with Gasteiger partial charge in [0.1, 0.15) is 19.8 Å². The van der Waals surface area contributed by atoms with Crippen molar-refractivity contribution in [2.45, 2.75) is 80.1 Å². The molecule has 0 heterocycles. The Bertz CT molecular complexity index is 1300. The molecule has 47 heavy (non-hydrogen) atoms. The number of esters is 3. The Hall–Kier alpha value is -4.49. The molecule has 2 atom stereocenters. The van der Waals surface area contributed by atoms with E-state index in [4.69, 9.17) is 29.5 Å². The zero-order chi connectivity index (χ0) is 35.9. The first-order chi connectivity index (χ1) is 21.9. The van der Waals surface area contributed by atoms with E-state index in [0.717, 1.165) is 37.5 Å². The van der Waals surface area contributed by atoms with E-state index in [1.165, 1.54) is 0 Å². The number of carbonyl (C=O) groups excluding carboxylic acids is 4. The Labute approximate surface area is 274 Å². The van der Waals surface area contributed by atoms with E-state index in [9.17, 15) is 33.6 Å². The fraction of sp³-hybridized carbons (Fsp3) is 0.606. The third kappa shape index (κ3) is 12.7. The van der Waals surface area contributed by atoms with Crippen LogP contribution in [0.5, 0.6) is 0 Å². The summed E-state index contributed by atoms with van der Waals surface area (Å²) in [4.78, 5) is 80.9. The SMILES string of the molecule is CCC(C)(C)C(=O)NCCOC(=O)C1CCCCC1C(=O)O.CCC(C)(C)C(=O)OCCOC(=O)c1cc(C(=O)O)ccc1C(=O)O. The quantitative estimate of drug-likeness (QED) is 0.117. The Balaban J connectivity index is 0.000000474. The lowest BCUT2D eigenvalue weighted by Crippen LogP contribution is -2.39. The van der Waals surface area contributed by atoms with Crippen LogP contribution >= 0.6 is 0 Å². The minimum absolute atomic E-state index is 0.0766. The number of amides is 1. The summed E-state index contributed by atoms with van der Waals surface area (Å²) >= 11 is 0. The molecule has 262 valence electrons. The molecule has 1 saturated carbocycles. The van der Waals surface area contributed by atoms with Crippen molar-refractivity contribution in [1.82, 2.24) is 5.32 Å². The Morgan fingerprint density at radius 3 is 1.85 bits per heavy atom. The minimum atomic E-state index is -1.39. The highest BCUT2D eigenvalue weighted by atomic mass is 16.6. The van der Waals surface area contributed by atoms with Gasteiger partial charge >= 0.3 is 35.8 Å². The Morgan fingerprint density at radius 1 is 0.745 bits per heavy atom. The number of aromatic carboxylic acids is 2. The second-order valence-corrected chi connectivity index (χ2v) is 12.4. The number of hydrogen-bond acceptors (Lipinski definition) is 10. The predicted molar refractivity (Wildman–Crippen MR) is 167 cm³/mol. The van der Waals surface area contributed by atoms with Gasteiger partial charge in [0.05, 0.1) is 40.5 Å². The second-order valence-electron chi connectivity index (χ2n) is 12.4. The summed E-state index contributed by atoms with van der Waals surface area (Å²) in [6, 6.07) is 3.03. The molecule has 1 aromatic carbocycles. The van der Waals surface area contributed by atoms with Crippen molar-refractivity contribution < 1.29 is 63.1 Å². The summed E-state index contributed by atoms with van der Waals surface area (Å²) in [5, 5.41) is 29.9. The molecule has 14 heteroatoms. The van der Waals surface area contributed by atoms with Gasteiger partial charge in [-0.05, 0) is 57.7 Å². The molecule has 4 N–H and O–H groups in total. The largest absolute Gasteiger partial charge is 0.481 e. The van der Waals surface area contributed by atoms with E-state index in [1.807, 2.05) is 27.7 Å². The maximum absolute atomic E-state index is 12.0. The molecule has 0 radical (unpaired) electrons. The van der Waals surface area contributed by atoms with Gasteiger partial charge in [0.2, 0.25) is 5.91 Å². The zero-order valence-corrected chi connectivity index (χ0v) is 27.9. The smallest absolute Gasteiger partial charge is 0.339 e. The average Bonchev–Trinajstić information content (AvgIpc) is 3.04. The molecular formula is C33H47NO13. The molecule has 0 saturated heterocycles. The lowest BCUT2D eigenvalue weighted by molar-refractivity contribution is -0.159. The van der Waals surface area contributed by atoms with E-state index in [2.05, 4.69) is 5.32 Å². The second kappa shape index (κ2) is 18.6. The monoisotopic (exact) mass is 665 g/mol. The van der Waals surface area contributed by atoms with Gasteiger partial charge in [-0.15, -0.1) is 0 Å². The van der Waals surface area contributed by atoms with Crippen molar-refractivity contribution in [2.24, 2.45) is 22.7 Å². The van der Waals surface area contributed by atoms with Crippen molar-refractivity contribution in [3.63, 3.8) is 0 Å². The van der Waals surface area contributed by atoms with Gasteiger partial charge in [-0.1, -0.05) is 40.5 Å². The zero-order valence-electron chi connectivity index (χ0n) is 27.9. The summed E-state index contributed by atoms with van der Waals surface area (Å²) < 4.78 is 15.0. The molecule has 1 aromatic rings. The number of carboxylic acid groups (broad SMARTS) is 3. The first kappa shape index (κ1) is 40.5. The highest BCUT2D eigenvalue weighted by Crippen LogP contribution is 2.31. The standard InChI is InChI=1S/C17H20O8.C16H27NO5/c1-4-17(2,3)16(23)25-8-7-24-15(22)12-9-10(13(18)19)5-6-11(12)14(20)21;1-4-16(2,3)15(21)17-9-10-22-14(20)12-8-6-5-7-11(12)13(18)19/h5-6,9H,4,7-8H2,1-3H3,(H,18,19)(H,20,21);11-12H,4-10H2,1-3H3,(H,17,21)(H,18,19). The Morgan fingerprint density at radius 2 is 1.32 bits per heavy atom. The van der Waals surface area contributed by atoms with Gasteiger partial charge in [0, 0.05) is 5.41 Å². The normalized spacial score (nSPS) is 16.0. The van der Waals surface area contributed by atoms with Crippen LogP contribution in [0.25, 0.3) is 0 Å². The molecule has 1 amide bonds. The van der Waals surface area contributed by atoms with Crippen molar-refractivity contribution in [3.8, 4) is 0 Å². The number of aliphatic carboxylic acids is 1. The Kier molecular flexibility index (Phi) is 16.0. The molecular weight excluding hydrogens is 618 g/mol. The van der Waals surface area contributed by atoms with E-state index in [-0.39, 0.29) is 49.0 Å². The number of benzene rings is 1. The average molecular weight is 666 g/mol. The summed E-state index contributed by atoms with van der Waals surface area (Å²) in [6.45, 7) is 10.8. The van der Waals surface area contributed by atoms with Crippen LogP contribution in [0.4, 0.5) is 0 Å². The molecule has 2 unspecified atom stereocenters. The van der Waals surface area contributed by atoms with Gasteiger partial charge in [-0.25, -0.2) is 14.4 Å². The summed E-state index contributed by atoms with van der Waals surface area (Å²) in [5.41, 5.74) is -2.10. The van der Waals surface area contributed by atoms with Gasteiger partial charge in [0.15, 0.2) is 0 Å². The lowest BCUT2D eigenvalue weighted by Gasteiger charge is -2.26. The van der Waals surface area contributed by atoms with Crippen LogP contribution in [0.15, 0.2) is 18.2 Å². The number of hydrogen-bond donors (Lipinski definition) is 4. The summed E-state index contributed by atoms with van der Waals surface area (Å²) in [7, 11) is 0. The molecule has 2 rings (SSSR count). The molecule has 14 nitrogen and oxygen atoms in total. The van der Waals surface area contributed by atoms with Crippen LogP contribution in [-0.4, -0.2) is 83.4 Å². The van der Waals surface area contributed by atoms with Crippen molar-refractivity contribution in [1.29, 1.82) is 0 Å². The van der Waals surface area contributed by atoms with Gasteiger partial charge < -0.3 is 34.8 Å². The van der Waals surface area contributed by atoms with Crippen LogP contribution in [0.1, 0.15) is 111 Å². The number of carbonyl (C=O) groups is 7. The molecule has 0 aliphatic heterocycles. The number of carboxylic acids is 3. The lowest BCUT2D eigenvalue weighted by atomic mass is 9.79. The molecule has 0 bridgehead atoms. The third-order valence-corrected chi connectivity index (χ3v) is 8.22. The molecule has 1 aliphatic rings. The van der Waals surface area contributed by atoms with Crippen LogP contribution in [0, 0.1) is 22.7 Å². The molecule has 1 fully saturated rings. The van der Waals surface area contributed by atoms with Crippen molar-refractivity contribution in [2.75, 3.05) is 26.4 Å². The topological polar surface area (TPSA) is 220 Å². The van der Waals surface area contributed by atoms with E-state index < -0.39 is 58.5 Å². The van der Waals surface area contributed by atoms with E-state index >= 15 is 0 Å². The van der Waals surface area contributed by atoms with Crippen molar-refractivity contribution in [3.05, 3.63) is 34.9 Å². The number of ether oxygens (including phenoxy) is 3. The van der Waals surface area contributed by atoms with Crippen LogP contribution in [0.3, 0.4) is 0 Å². The first-order valence-corrected chi connectivity index (χ1v) is 15.5. The fourth-order valence-corrected chi connectivity index (χ4v) is 4.25. The van der Waals surface area contributed by atoms with Gasteiger partial charge in [-0.2, -0.15) is 0 Å². The maximum atomic E-state index is 12.0. The number of nitrogens with one attached hydrogen (secondary N) is 1. The van der Waals surface area contributed by atoms with Crippen LogP contribution < -0.4 is 5.32 Å². The first-order valence-electron chi connectivity index (χ1n) is 15.5. The molecule has 0 spiro atoms. The molecule has 1 aliphatic carbocycles. The summed E-state index contributed by atoms with van der Waals surface area (Å²) in [5.74, 6) is -6.81. The maximum Gasteiger partial charge on any atom is 0.339 e. The van der Waals surface area contributed by atoms with Crippen LogP contribution in [0.2, 0.25) is 0 Å². The predicted octanol–water partition coefficient (Wildman–Crippen LogP) is 4.19. The minimum Gasteiger partial charge on any atom is -0.481 e. The van der Waals surface area contributed by atoms with Gasteiger partial charge in [0.25, 0.3) is 0 Å². The summed E-state index contributed by atoms with van der Waals surface area (Å²) in [6.07, 6.45) is 4.08.